The van der Waals surface area contributed by atoms with Crippen molar-refractivity contribution in [3.05, 3.63) is 0 Å². The Labute approximate surface area is 83.1 Å². The predicted octanol–water partition coefficient (Wildman–Crippen LogP) is 1.03. The van der Waals surface area contributed by atoms with E-state index in [9.17, 15) is 0 Å². The standard InChI is InChI=1S/C10H25N3/c1-10(2,3)8-11-9(12(4)5)13(6)7/h9,11H,8H2,1-7H3. The van der Waals surface area contributed by atoms with Crippen LogP contribution in [0.3, 0.4) is 0 Å². The van der Waals surface area contributed by atoms with Crippen LogP contribution in [0.5, 0.6) is 0 Å². The van der Waals surface area contributed by atoms with Crippen molar-refractivity contribution in [2.75, 3.05) is 34.7 Å². The first-order valence-corrected chi connectivity index (χ1v) is 4.80. The lowest BCUT2D eigenvalue weighted by molar-refractivity contribution is 0.0856. The zero-order valence-electron chi connectivity index (χ0n) is 10.2. The normalized spacial score (nSPS) is 13.4. The van der Waals surface area contributed by atoms with Gasteiger partial charge in [0.1, 0.15) is 6.29 Å². The van der Waals surface area contributed by atoms with Crippen LogP contribution < -0.4 is 5.32 Å². The summed E-state index contributed by atoms with van der Waals surface area (Å²) in [5.74, 6) is 0. The first kappa shape index (κ1) is 12.9. The smallest absolute Gasteiger partial charge is 0.116 e. The monoisotopic (exact) mass is 187 g/mol. The van der Waals surface area contributed by atoms with Crippen LogP contribution in [-0.2, 0) is 0 Å². The molecule has 0 spiro atoms. The summed E-state index contributed by atoms with van der Waals surface area (Å²) in [7, 11) is 8.33. The van der Waals surface area contributed by atoms with Crippen LogP contribution in [0.4, 0.5) is 0 Å². The van der Waals surface area contributed by atoms with Crippen molar-refractivity contribution in [1.82, 2.24) is 15.1 Å². The van der Waals surface area contributed by atoms with Gasteiger partial charge in [-0.05, 0) is 33.6 Å². The molecule has 3 heteroatoms. The fraction of sp³-hybridized carbons (Fsp3) is 1.00. The highest BCUT2D eigenvalue weighted by Gasteiger charge is 2.16. The molecule has 0 saturated heterocycles. The van der Waals surface area contributed by atoms with Gasteiger partial charge in [-0.25, -0.2) is 0 Å². The highest BCUT2D eigenvalue weighted by Crippen LogP contribution is 2.11. The van der Waals surface area contributed by atoms with E-state index in [4.69, 9.17) is 0 Å². The van der Waals surface area contributed by atoms with E-state index in [1.807, 2.05) is 0 Å². The zero-order chi connectivity index (χ0) is 10.6. The van der Waals surface area contributed by atoms with E-state index in [0.717, 1.165) is 6.54 Å². The lowest BCUT2D eigenvalue weighted by Gasteiger charge is -2.33. The first-order valence-electron chi connectivity index (χ1n) is 4.80. The van der Waals surface area contributed by atoms with Crippen LogP contribution in [-0.4, -0.2) is 50.8 Å². The molecule has 0 bridgehead atoms. The maximum absolute atomic E-state index is 3.51. The molecule has 0 saturated carbocycles. The number of nitrogens with zero attached hydrogens (tertiary/aromatic N) is 2. The molecule has 0 unspecified atom stereocenters. The highest BCUT2D eigenvalue weighted by molar-refractivity contribution is 4.68. The zero-order valence-corrected chi connectivity index (χ0v) is 10.2. The Kier molecular flexibility index (Phi) is 4.89. The molecule has 0 aliphatic heterocycles. The van der Waals surface area contributed by atoms with Crippen LogP contribution in [0.1, 0.15) is 20.8 Å². The quantitative estimate of drug-likeness (QED) is 0.663. The molecular formula is C10H25N3. The molecule has 13 heavy (non-hydrogen) atoms. The van der Waals surface area contributed by atoms with Gasteiger partial charge in [-0.2, -0.15) is 0 Å². The number of nitrogens with one attached hydrogen (secondary N) is 1. The van der Waals surface area contributed by atoms with Crippen molar-refractivity contribution in [3.8, 4) is 0 Å². The molecule has 0 aromatic carbocycles. The highest BCUT2D eigenvalue weighted by atomic mass is 15.4. The molecule has 0 fully saturated rings. The van der Waals surface area contributed by atoms with Gasteiger partial charge in [0, 0.05) is 6.54 Å². The molecule has 80 valence electrons. The average molecular weight is 187 g/mol. The van der Waals surface area contributed by atoms with E-state index in [1.54, 1.807) is 0 Å². The summed E-state index contributed by atoms with van der Waals surface area (Å²) in [6.07, 6.45) is 0.319. The Morgan fingerprint density at radius 1 is 1.00 bits per heavy atom. The van der Waals surface area contributed by atoms with E-state index in [1.165, 1.54) is 0 Å². The summed E-state index contributed by atoms with van der Waals surface area (Å²) in [5, 5.41) is 3.51. The van der Waals surface area contributed by atoms with Crippen molar-refractivity contribution in [3.63, 3.8) is 0 Å². The summed E-state index contributed by atoms with van der Waals surface area (Å²) in [6, 6.07) is 0. The summed E-state index contributed by atoms with van der Waals surface area (Å²) >= 11 is 0. The minimum Gasteiger partial charge on any atom is -0.289 e. The van der Waals surface area contributed by atoms with Gasteiger partial charge in [0.05, 0.1) is 0 Å². The number of hydrogen-bond acceptors (Lipinski definition) is 3. The third kappa shape index (κ3) is 6.02. The first-order chi connectivity index (χ1) is 5.74. The lowest BCUT2D eigenvalue weighted by Crippen LogP contribution is -2.53. The molecular weight excluding hydrogens is 162 g/mol. The van der Waals surface area contributed by atoms with Gasteiger partial charge in [-0.1, -0.05) is 20.8 Å². The van der Waals surface area contributed by atoms with Crippen LogP contribution in [0.25, 0.3) is 0 Å². The Hall–Kier alpha value is -0.120. The fourth-order valence-electron chi connectivity index (χ4n) is 1.22. The molecule has 0 atom stereocenters. The summed E-state index contributed by atoms with van der Waals surface area (Å²) in [5.41, 5.74) is 0.338. The van der Waals surface area contributed by atoms with Gasteiger partial charge in [0.25, 0.3) is 0 Å². The van der Waals surface area contributed by atoms with E-state index in [-0.39, 0.29) is 0 Å². The molecule has 0 radical (unpaired) electrons. The van der Waals surface area contributed by atoms with E-state index in [2.05, 4.69) is 64.1 Å². The minimum absolute atomic E-state index is 0.319. The molecule has 0 rings (SSSR count). The van der Waals surface area contributed by atoms with Gasteiger partial charge in [-0.15, -0.1) is 0 Å². The Bertz CT molecular complexity index is 128. The molecule has 0 aromatic rings. The van der Waals surface area contributed by atoms with Crippen LogP contribution in [0, 0.1) is 5.41 Å². The van der Waals surface area contributed by atoms with Gasteiger partial charge in [0.2, 0.25) is 0 Å². The minimum atomic E-state index is 0.319. The van der Waals surface area contributed by atoms with Gasteiger partial charge in [-0.3, -0.25) is 15.1 Å². The van der Waals surface area contributed by atoms with Crippen molar-refractivity contribution in [2.24, 2.45) is 5.41 Å². The molecule has 1 N–H and O–H groups in total. The molecule has 3 nitrogen and oxygen atoms in total. The van der Waals surface area contributed by atoms with Crippen molar-refractivity contribution >= 4 is 0 Å². The third-order valence-corrected chi connectivity index (χ3v) is 1.79. The van der Waals surface area contributed by atoms with Crippen LogP contribution in [0.15, 0.2) is 0 Å². The lowest BCUT2D eigenvalue weighted by atomic mass is 9.97. The van der Waals surface area contributed by atoms with Crippen LogP contribution >= 0.6 is 0 Å². The fourth-order valence-corrected chi connectivity index (χ4v) is 1.22. The summed E-state index contributed by atoms with van der Waals surface area (Å²) in [4.78, 5) is 4.34. The second-order valence-corrected chi connectivity index (χ2v) is 5.24. The average Bonchev–Trinajstić information content (AvgIpc) is 1.82. The van der Waals surface area contributed by atoms with Gasteiger partial charge < -0.3 is 0 Å². The molecule has 0 heterocycles. The van der Waals surface area contributed by atoms with Crippen molar-refractivity contribution < 1.29 is 0 Å². The van der Waals surface area contributed by atoms with E-state index < -0.39 is 0 Å². The maximum Gasteiger partial charge on any atom is 0.116 e. The van der Waals surface area contributed by atoms with Crippen LogP contribution in [0.2, 0.25) is 0 Å². The molecule has 0 aromatic heterocycles. The Morgan fingerprint density at radius 3 is 1.62 bits per heavy atom. The molecule has 0 aliphatic carbocycles. The second kappa shape index (κ2) is 4.94. The number of rotatable bonds is 4. The topological polar surface area (TPSA) is 18.5 Å². The van der Waals surface area contributed by atoms with Crippen molar-refractivity contribution in [2.45, 2.75) is 27.1 Å². The second-order valence-electron chi connectivity index (χ2n) is 5.24. The Morgan fingerprint density at radius 2 is 1.38 bits per heavy atom. The predicted molar refractivity (Wildman–Crippen MR) is 58.6 cm³/mol. The van der Waals surface area contributed by atoms with E-state index in [0.29, 0.717) is 11.7 Å². The third-order valence-electron chi connectivity index (χ3n) is 1.79. The van der Waals surface area contributed by atoms with Gasteiger partial charge in [0.15, 0.2) is 0 Å². The maximum atomic E-state index is 3.51. The summed E-state index contributed by atoms with van der Waals surface area (Å²) < 4.78 is 0. The molecule has 0 aliphatic rings. The Balaban J connectivity index is 3.98. The largest absolute Gasteiger partial charge is 0.289 e. The van der Waals surface area contributed by atoms with E-state index >= 15 is 0 Å². The molecule has 0 amide bonds. The van der Waals surface area contributed by atoms with Gasteiger partial charge >= 0.3 is 0 Å². The summed E-state index contributed by atoms with van der Waals surface area (Å²) in [6.45, 7) is 7.74. The number of hydrogen-bond donors (Lipinski definition) is 1. The van der Waals surface area contributed by atoms with Crippen molar-refractivity contribution in [1.29, 1.82) is 0 Å². The SMILES string of the molecule is CN(C)C(NCC(C)(C)C)N(C)C.